The molecule has 6 nitrogen and oxygen atoms in total. The molecule has 0 aliphatic carbocycles. The molecule has 4 rings (SSSR count). The Hall–Kier alpha value is -3.03. The van der Waals surface area contributed by atoms with Crippen LogP contribution in [-0.2, 0) is 14.3 Å². The molecule has 2 aliphatic rings. The molecule has 2 aromatic carbocycles. The van der Waals surface area contributed by atoms with E-state index >= 15 is 0 Å². The molecule has 162 valence electrons. The lowest BCUT2D eigenvalue weighted by atomic mass is 10.0. The van der Waals surface area contributed by atoms with Gasteiger partial charge in [-0.1, -0.05) is 29.8 Å². The lowest BCUT2D eigenvalue weighted by Gasteiger charge is -2.27. The predicted octanol–water partition coefficient (Wildman–Crippen LogP) is 3.05. The molecule has 0 aromatic heterocycles. The third kappa shape index (κ3) is 4.84. The van der Waals surface area contributed by atoms with Crippen LogP contribution in [0.25, 0.3) is 5.57 Å². The van der Waals surface area contributed by atoms with E-state index in [0.717, 1.165) is 30.9 Å². The summed E-state index contributed by atoms with van der Waals surface area (Å²) in [5, 5.41) is 3.13. The fraction of sp³-hybridized carbons (Fsp3) is 0.333. The fourth-order valence-electron chi connectivity index (χ4n) is 3.84. The Kier molecular flexibility index (Phi) is 6.44. The lowest BCUT2D eigenvalue weighted by molar-refractivity contribution is -0.136. The summed E-state index contributed by atoms with van der Waals surface area (Å²) in [6.07, 6.45) is 0.686. The summed E-state index contributed by atoms with van der Waals surface area (Å²) in [5.41, 5.74) is 2.84. The molecular weight excluding hydrogens is 397 g/mol. The van der Waals surface area contributed by atoms with Gasteiger partial charge >= 0.3 is 0 Å². The van der Waals surface area contributed by atoms with Crippen LogP contribution in [0.1, 0.15) is 17.5 Å². The average Bonchev–Trinajstić information content (AvgIpc) is 3.01. The van der Waals surface area contributed by atoms with Crippen LogP contribution in [0.3, 0.4) is 0 Å². The smallest absolute Gasteiger partial charge is 0.278 e. The molecule has 1 saturated heterocycles. The Labute approximate surface area is 181 Å². The number of nitrogens with zero attached hydrogens (tertiary/aromatic N) is 2. The molecule has 0 saturated carbocycles. The number of ether oxygens (including phenoxy) is 1. The van der Waals surface area contributed by atoms with Crippen LogP contribution in [0, 0.1) is 12.7 Å². The minimum absolute atomic E-state index is 0.229. The summed E-state index contributed by atoms with van der Waals surface area (Å²) in [7, 11) is 0. The van der Waals surface area contributed by atoms with Gasteiger partial charge in [0.1, 0.15) is 11.5 Å². The third-order valence-electron chi connectivity index (χ3n) is 5.58. The van der Waals surface area contributed by atoms with Gasteiger partial charge in [0.15, 0.2) is 0 Å². The van der Waals surface area contributed by atoms with Crippen LogP contribution < -0.4 is 5.32 Å². The number of aryl methyl sites for hydroxylation is 1. The van der Waals surface area contributed by atoms with E-state index in [4.69, 9.17) is 4.74 Å². The molecule has 0 radical (unpaired) electrons. The zero-order chi connectivity index (χ0) is 21.8. The maximum Gasteiger partial charge on any atom is 0.278 e. The van der Waals surface area contributed by atoms with Crippen LogP contribution in [0.5, 0.6) is 0 Å². The van der Waals surface area contributed by atoms with E-state index in [0.29, 0.717) is 31.7 Å². The van der Waals surface area contributed by atoms with Gasteiger partial charge in [0, 0.05) is 31.9 Å². The van der Waals surface area contributed by atoms with Crippen molar-refractivity contribution in [1.82, 2.24) is 9.80 Å². The van der Waals surface area contributed by atoms with Crippen LogP contribution in [0.4, 0.5) is 10.1 Å². The predicted molar refractivity (Wildman–Crippen MR) is 117 cm³/mol. The molecule has 0 atom stereocenters. The monoisotopic (exact) mass is 423 g/mol. The SMILES string of the molecule is Cc1ccc(NC2=C(c3ccc(F)cc3)C(=O)N(CCCN3CCOCC3)C2=O)cc1. The van der Waals surface area contributed by atoms with E-state index < -0.39 is 5.82 Å². The molecule has 31 heavy (non-hydrogen) atoms. The van der Waals surface area contributed by atoms with E-state index in [2.05, 4.69) is 10.2 Å². The summed E-state index contributed by atoms with van der Waals surface area (Å²) in [4.78, 5) is 30.0. The highest BCUT2D eigenvalue weighted by Gasteiger charge is 2.39. The normalized spacial score (nSPS) is 17.5. The molecule has 0 unspecified atom stereocenters. The van der Waals surface area contributed by atoms with Gasteiger partial charge in [-0.2, -0.15) is 0 Å². The number of benzene rings is 2. The molecule has 1 N–H and O–H groups in total. The van der Waals surface area contributed by atoms with E-state index in [1.165, 1.54) is 29.2 Å². The van der Waals surface area contributed by atoms with Crippen LogP contribution in [0.2, 0.25) is 0 Å². The topological polar surface area (TPSA) is 61.9 Å². The van der Waals surface area contributed by atoms with Gasteiger partial charge in [0.05, 0.1) is 18.8 Å². The van der Waals surface area contributed by atoms with Crippen molar-refractivity contribution in [2.75, 3.05) is 44.7 Å². The van der Waals surface area contributed by atoms with Crippen molar-refractivity contribution in [3.8, 4) is 0 Å². The van der Waals surface area contributed by atoms with Gasteiger partial charge in [-0.05, 0) is 43.2 Å². The van der Waals surface area contributed by atoms with Crippen molar-refractivity contribution in [3.63, 3.8) is 0 Å². The van der Waals surface area contributed by atoms with E-state index in [-0.39, 0.29) is 23.1 Å². The largest absolute Gasteiger partial charge is 0.379 e. The summed E-state index contributed by atoms with van der Waals surface area (Å²) in [5.74, 6) is -1.10. The Morgan fingerprint density at radius 2 is 1.61 bits per heavy atom. The second-order valence-electron chi connectivity index (χ2n) is 7.82. The number of amides is 2. The van der Waals surface area contributed by atoms with Crippen molar-refractivity contribution >= 4 is 23.1 Å². The Morgan fingerprint density at radius 3 is 2.29 bits per heavy atom. The first-order chi connectivity index (χ1) is 15.0. The first-order valence-corrected chi connectivity index (χ1v) is 10.5. The maximum absolute atomic E-state index is 13.4. The zero-order valence-electron chi connectivity index (χ0n) is 17.6. The molecule has 0 spiro atoms. The van der Waals surface area contributed by atoms with Crippen molar-refractivity contribution in [2.45, 2.75) is 13.3 Å². The van der Waals surface area contributed by atoms with Crippen molar-refractivity contribution in [1.29, 1.82) is 0 Å². The molecule has 2 aliphatic heterocycles. The van der Waals surface area contributed by atoms with Crippen LogP contribution >= 0.6 is 0 Å². The fourth-order valence-corrected chi connectivity index (χ4v) is 3.84. The van der Waals surface area contributed by atoms with E-state index in [1.807, 2.05) is 31.2 Å². The molecule has 0 bridgehead atoms. The molecule has 7 heteroatoms. The average molecular weight is 423 g/mol. The van der Waals surface area contributed by atoms with Crippen molar-refractivity contribution in [3.05, 3.63) is 71.2 Å². The summed E-state index contributed by atoms with van der Waals surface area (Å²) < 4.78 is 18.8. The first-order valence-electron chi connectivity index (χ1n) is 10.5. The second kappa shape index (κ2) is 9.41. The minimum Gasteiger partial charge on any atom is -0.379 e. The number of nitrogens with one attached hydrogen (secondary N) is 1. The number of carbonyl (C=O) groups is 2. The Balaban J connectivity index is 1.55. The number of hydrogen-bond acceptors (Lipinski definition) is 5. The number of carbonyl (C=O) groups excluding carboxylic acids is 2. The molecule has 2 heterocycles. The minimum atomic E-state index is -0.392. The standard InChI is InChI=1S/C24H26FN3O3/c1-17-3-9-20(10-4-17)26-22-21(18-5-7-19(25)8-6-18)23(29)28(24(22)30)12-2-11-27-13-15-31-16-14-27/h3-10,26H,2,11-16H2,1H3. The van der Waals surface area contributed by atoms with Gasteiger partial charge in [0.2, 0.25) is 0 Å². The van der Waals surface area contributed by atoms with Gasteiger partial charge in [-0.15, -0.1) is 0 Å². The number of morpholine rings is 1. The highest BCUT2D eigenvalue weighted by Crippen LogP contribution is 2.30. The van der Waals surface area contributed by atoms with Gasteiger partial charge in [0.25, 0.3) is 11.8 Å². The number of imide groups is 1. The Bertz CT molecular complexity index is 980. The van der Waals surface area contributed by atoms with Crippen LogP contribution in [0.15, 0.2) is 54.2 Å². The number of anilines is 1. The molecule has 1 fully saturated rings. The van der Waals surface area contributed by atoms with Crippen molar-refractivity contribution < 1.29 is 18.7 Å². The van der Waals surface area contributed by atoms with Gasteiger partial charge < -0.3 is 10.1 Å². The quantitative estimate of drug-likeness (QED) is 0.694. The summed E-state index contributed by atoms with van der Waals surface area (Å²) in [6.45, 7) is 6.26. The number of hydrogen-bond donors (Lipinski definition) is 1. The third-order valence-corrected chi connectivity index (χ3v) is 5.58. The highest BCUT2D eigenvalue weighted by molar-refractivity contribution is 6.36. The maximum atomic E-state index is 13.4. The Morgan fingerprint density at radius 1 is 0.935 bits per heavy atom. The number of rotatable bonds is 7. The van der Waals surface area contributed by atoms with Gasteiger partial charge in [-0.3, -0.25) is 19.4 Å². The van der Waals surface area contributed by atoms with Crippen LogP contribution in [-0.4, -0.2) is 61.0 Å². The van der Waals surface area contributed by atoms with Gasteiger partial charge in [-0.25, -0.2) is 4.39 Å². The molecule has 2 amide bonds. The second-order valence-corrected chi connectivity index (χ2v) is 7.82. The van der Waals surface area contributed by atoms with Crippen molar-refractivity contribution in [2.24, 2.45) is 0 Å². The lowest BCUT2D eigenvalue weighted by Crippen LogP contribution is -2.39. The summed E-state index contributed by atoms with van der Waals surface area (Å²) >= 11 is 0. The zero-order valence-corrected chi connectivity index (χ0v) is 17.6. The van der Waals surface area contributed by atoms with E-state index in [1.54, 1.807) is 0 Å². The molecular formula is C24H26FN3O3. The molecule has 2 aromatic rings. The van der Waals surface area contributed by atoms with E-state index in [9.17, 15) is 14.0 Å². The number of halogens is 1. The summed E-state index contributed by atoms with van der Waals surface area (Å²) in [6, 6.07) is 13.2. The first kappa shape index (κ1) is 21.2. The highest BCUT2D eigenvalue weighted by atomic mass is 19.1.